The standard InChI is InChI=1S/C18H27N3O3S/c19-11-15-4-1-2-7-17(15)21-18(22)14-5-3-6-16(10-14)25(23,24)20-12-13-8-9-13/h3,5-6,10,13,15,17,20H,1-2,4,7-9,11-12,19H2,(H,21,22). The fraction of sp³-hybridized carbons (Fsp3) is 0.611. The largest absolute Gasteiger partial charge is 0.349 e. The Morgan fingerprint density at radius 3 is 2.64 bits per heavy atom. The lowest BCUT2D eigenvalue weighted by Crippen LogP contribution is -2.44. The third kappa shape index (κ3) is 4.80. The summed E-state index contributed by atoms with van der Waals surface area (Å²) in [5.74, 6) is 0.523. The lowest BCUT2D eigenvalue weighted by Gasteiger charge is -2.31. The van der Waals surface area contributed by atoms with Crippen molar-refractivity contribution in [2.24, 2.45) is 17.6 Å². The van der Waals surface area contributed by atoms with Crippen LogP contribution in [-0.2, 0) is 10.0 Å². The summed E-state index contributed by atoms with van der Waals surface area (Å²) in [6.45, 7) is 1.03. The molecule has 2 aliphatic rings. The van der Waals surface area contributed by atoms with Crippen molar-refractivity contribution in [3.63, 3.8) is 0 Å². The molecule has 6 nitrogen and oxygen atoms in total. The molecule has 2 aliphatic carbocycles. The highest BCUT2D eigenvalue weighted by atomic mass is 32.2. The van der Waals surface area contributed by atoms with Gasteiger partial charge in [-0.25, -0.2) is 13.1 Å². The summed E-state index contributed by atoms with van der Waals surface area (Å²) in [7, 11) is -3.57. The van der Waals surface area contributed by atoms with Crippen LogP contribution in [0.25, 0.3) is 0 Å². The Hall–Kier alpha value is -1.44. The normalized spacial score (nSPS) is 24.0. The number of nitrogens with two attached hydrogens (primary N) is 1. The smallest absolute Gasteiger partial charge is 0.251 e. The molecular weight excluding hydrogens is 338 g/mol. The maximum atomic E-state index is 12.6. The van der Waals surface area contributed by atoms with Crippen molar-refractivity contribution in [3.8, 4) is 0 Å². The molecule has 138 valence electrons. The average Bonchev–Trinajstić information content (AvgIpc) is 3.45. The summed E-state index contributed by atoms with van der Waals surface area (Å²) in [6.07, 6.45) is 6.34. The third-order valence-corrected chi connectivity index (χ3v) is 6.62. The summed E-state index contributed by atoms with van der Waals surface area (Å²) in [5, 5.41) is 3.04. The molecule has 0 spiro atoms. The van der Waals surface area contributed by atoms with Crippen LogP contribution in [0.1, 0.15) is 48.9 Å². The van der Waals surface area contributed by atoms with Gasteiger partial charge in [0.2, 0.25) is 10.0 Å². The van der Waals surface area contributed by atoms with Gasteiger partial charge in [-0.1, -0.05) is 18.9 Å². The van der Waals surface area contributed by atoms with Crippen molar-refractivity contribution in [1.82, 2.24) is 10.0 Å². The van der Waals surface area contributed by atoms with Crippen molar-refractivity contribution in [1.29, 1.82) is 0 Å². The fourth-order valence-electron chi connectivity index (χ4n) is 3.37. The molecule has 3 rings (SSSR count). The quantitative estimate of drug-likeness (QED) is 0.683. The number of hydrogen-bond donors (Lipinski definition) is 3. The van der Waals surface area contributed by atoms with E-state index in [9.17, 15) is 13.2 Å². The Bertz CT molecular complexity index is 716. The number of carbonyl (C=O) groups is 1. The second-order valence-electron chi connectivity index (χ2n) is 7.18. The minimum Gasteiger partial charge on any atom is -0.349 e. The van der Waals surface area contributed by atoms with Crippen LogP contribution in [0.4, 0.5) is 0 Å². The van der Waals surface area contributed by atoms with E-state index < -0.39 is 10.0 Å². The monoisotopic (exact) mass is 365 g/mol. The van der Waals surface area contributed by atoms with Gasteiger partial charge in [0.25, 0.3) is 5.91 Å². The lowest BCUT2D eigenvalue weighted by atomic mass is 9.84. The van der Waals surface area contributed by atoms with Crippen LogP contribution in [0.2, 0.25) is 0 Å². The van der Waals surface area contributed by atoms with Gasteiger partial charge >= 0.3 is 0 Å². The van der Waals surface area contributed by atoms with E-state index in [1.165, 1.54) is 12.1 Å². The van der Waals surface area contributed by atoms with Crippen LogP contribution in [0.3, 0.4) is 0 Å². The molecule has 2 saturated carbocycles. The van der Waals surface area contributed by atoms with E-state index in [2.05, 4.69) is 10.0 Å². The molecule has 2 fully saturated rings. The number of benzene rings is 1. The van der Waals surface area contributed by atoms with Crippen LogP contribution in [0.5, 0.6) is 0 Å². The van der Waals surface area contributed by atoms with Gasteiger partial charge < -0.3 is 11.1 Å². The SMILES string of the molecule is NCC1CCCCC1NC(=O)c1cccc(S(=O)(=O)NCC2CC2)c1. The molecule has 4 N–H and O–H groups in total. The first-order valence-electron chi connectivity index (χ1n) is 9.10. The lowest BCUT2D eigenvalue weighted by molar-refractivity contribution is 0.0908. The highest BCUT2D eigenvalue weighted by Gasteiger charge is 2.27. The van der Waals surface area contributed by atoms with Crippen LogP contribution in [0.15, 0.2) is 29.2 Å². The molecule has 0 radical (unpaired) electrons. The Morgan fingerprint density at radius 2 is 1.92 bits per heavy atom. The third-order valence-electron chi connectivity index (χ3n) is 5.19. The number of hydrogen-bond acceptors (Lipinski definition) is 4. The van der Waals surface area contributed by atoms with Crippen LogP contribution >= 0.6 is 0 Å². The van der Waals surface area contributed by atoms with Gasteiger partial charge in [-0.15, -0.1) is 0 Å². The minimum atomic E-state index is -3.57. The zero-order chi connectivity index (χ0) is 17.9. The van der Waals surface area contributed by atoms with Gasteiger partial charge in [0.05, 0.1) is 4.90 Å². The van der Waals surface area contributed by atoms with Gasteiger partial charge in [-0.3, -0.25) is 4.79 Å². The number of carbonyl (C=O) groups excluding carboxylic acids is 1. The fourth-order valence-corrected chi connectivity index (χ4v) is 4.53. The van der Waals surface area contributed by atoms with Gasteiger partial charge in [0, 0.05) is 18.2 Å². The number of rotatable bonds is 7. The number of amides is 1. The van der Waals surface area contributed by atoms with E-state index in [0.29, 0.717) is 30.5 Å². The molecule has 25 heavy (non-hydrogen) atoms. The predicted molar refractivity (Wildman–Crippen MR) is 96.6 cm³/mol. The van der Waals surface area contributed by atoms with Crippen molar-refractivity contribution < 1.29 is 13.2 Å². The zero-order valence-corrected chi connectivity index (χ0v) is 15.2. The minimum absolute atomic E-state index is 0.0690. The summed E-state index contributed by atoms with van der Waals surface area (Å²) >= 11 is 0. The first-order chi connectivity index (χ1) is 12.0. The number of nitrogens with one attached hydrogen (secondary N) is 2. The Balaban J connectivity index is 1.68. The molecule has 0 saturated heterocycles. The van der Waals surface area contributed by atoms with Crippen LogP contribution in [0, 0.1) is 11.8 Å². The Kier molecular flexibility index (Phi) is 5.76. The van der Waals surface area contributed by atoms with Gasteiger partial charge in [-0.2, -0.15) is 0 Å². The van der Waals surface area contributed by atoms with Crippen molar-refractivity contribution in [2.45, 2.75) is 49.5 Å². The number of sulfonamides is 1. The Morgan fingerprint density at radius 1 is 1.16 bits per heavy atom. The highest BCUT2D eigenvalue weighted by Crippen LogP contribution is 2.28. The maximum absolute atomic E-state index is 12.6. The average molecular weight is 365 g/mol. The molecule has 0 aromatic heterocycles. The van der Waals surface area contributed by atoms with Gasteiger partial charge in [0.1, 0.15) is 0 Å². The van der Waals surface area contributed by atoms with Crippen molar-refractivity contribution in [3.05, 3.63) is 29.8 Å². The van der Waals surface area contributed by atoms with E-state index in [1.807, 2.05) is 0 Å². The summed E-state index contributed by atoms with van der Waals surface area (Å²) in [6, 6.07) is 6.30. The van der Waals surface area contributed by atoms with Gasteiger partial charge in [-0.05, 0) is 62.3 Å². The molecule has 0 bridgehead atoms. The van der Waals surface area contributed by atoms with E-state index in [4.69, 9.17) is 5.73 Å². The Labute approximate surface area is 149 Å². The predicted octanol–water partition coefficient (Wildman–Crippen LogP) is 1.62. The molecule has 1 amide bonds. The van der Waals surface area contributed by atoms with Crippen molar-refractivity contribution in [2.75, 3.05) is 13.1 Å². The van der Waals surface area contributed by atoms with Crippen LogP contribution < -0.4 is 15.8 Å². The molecular formula is C18H27N3O3S. The van der Waals surface area contributed by atoms with Crippen LogP contribution in [-0.4, -0.2) is 33.5 Å². The summed E-state index contributed by atoms with van der Waals surface area (Å²) in [5.41, 5.74) is 6.18. The zero-order valence-electron chi connectivity index (χ0n) is 14.4. The molecule has 7 heteroatoms. The van der Waals surface area contributed by atoms with E-state index >= 15 is 0 Å². The van der Waals surface area contributed by atoms with E-state index in [1.54, 1.807) is 12.1 Å². The second kappa shape index (κ2) is 7.85. The van der Waals surface area contributed by atoms with Gasteiger partial charge in [0.15, 0.2) is 0 Å². The molecule has 1 aromatic carbocycles. The van der Waals surface area contributed by atoms with Crippen molar-refractivity contribution >= 4 is 15.9 Å². The molecule has 0 heterocycles. The molecule has 0 aliphatic heterocycles. The molecule has 1 aromatic rings. The first kappa shape index (κ1) is 18.4. The summed E-state index contributed by atoms with van der Waals surface area (Å²) < 4.78 is 27.4. The first-order valence-corrected chi connectivity index (χ1v) is 10.6. The van der Waals surface area contributed by atoms with E-state index in [0.717, 1.165) is 38.5 Å². The van der Waals surface area contributed by atoms with E-state index in [-0.39, 0.29) is 16.8 Å². The highest BCUT2D eigenvalue weighted by molar-refractivity contribution is 7.89. The molecule has 2 atom stereocenters. The topological polar surface area (TPSA) is 101 Å². The summed E-state index contributed by atoms with van der Waals surface area (Å²) in [4.78, 5) is 12.7. The molecule has 2 unspecified atom stereocenters. The maximum Gasteiger partial charge on any atom is 0.251 e. The second-order valence-corrected chi connectivity index (χ2v) is 8.95.